The fourth-order valence-electron chi connectivity index (χ4n) is 1.90. The maximum Gasteiger partial charge on any atom is 0.319 e. The third-order valence-electron chi connectivity index (χ3n) is 3.04. The minimum absolute atomic E-state index is 0.206. The van der Waals surface area contributed by atoms with E-state index in [9.17, 15) is 4.79 Å². The highest BCUT2D eigenvalue weighted by Gasteiger charge is 2.15. The van der Waals surface area contributed by atoms with Crippen LogP contribution in [0, 0.1) is 0 Å². The molecule has 2 nitrogen and oxygen atoms in total. The first-order valence-electron chi connectivity index (χ1n) is 7.12. The number of ether oxygens (including phenoxy) is 1. The van der Waals surface area contributed by atoms with Crippen LogP contribution in [0.1, 0.15) is 44.6 Å². The molecule has 0 spiro atoms. The lowest BCUT2D eigenvalue weighted by atomic mass is 10.1. The molecule has 0 aliphatic rings. The number of unbranched alkanes of at least 4 members (excludes halogenated alkanes) is 4. The summed E-state index contributed by atoms with van der Waals surface area (Å²) in [6.07, 6.45) is 6.43. The summed E-state index contributed by atoms with van der Waals surface area (Å²) in [7, 11) is 0. The molecule has 0 aromatic heterocycles. The number of carbonyl (C=O) groups excluding carboxylic acids is 1. The van der Waals surface area contributed by atoms with Crippen LogP contribution in [-0.4, -0.2) is 17.8 Å². The highest BCUT2D eigenvalue weighted by atomic mass is 32.1. The molecule has 0 saturated heterocycles. The van der Waals surface area contributed by atoms with Gasteiger partial charge in [0.25, 0.3) is 0 Å². The normalized spacial score (nSPS) is 12.1. The Morgan fingerprint density at radius 1 is 1.16 bits per heavy atom. The molecule has 0 fully saturated rings. The zero-order valence-corrected chi connectivity index (χ0v) is 12.6. The van der Waals surface area contributed by atoms with Gasteiger partial charge in [0, 0.05) is 0 Å². The molecule has 1 aromatic carbocycles. The molecule has 0 aliphatic heterocycles. The molecule has 0 amide bonds. The van der Waals surface area contributed by atoms with Crippen LogP contribution < -0.4 is 0 Å². The predicted molar refractivity (Wildman–Crippen MR) is 82.6 cm³/mol. The predicted octanol–water partition coefficient (Wildman–Crippen LogP) is 4.04. The van der Waals surface area contributed by atoms with Crippen molar-refractivity contribution >= 4 is 18.6 Å². The molecule has 19 heavy (non-hydrogen) atoms. The van der Waals surface area contributed by atoms with Gasteiger partial charge in [-0.15, -0.1) is 0 Å². The van der Waals surface area contributed by atoms with Crippen molar-refractivity contribution in [3.8, 4) is 0 Å². The van der Waals surface area contributed by atoms with Gasteiger partial charge in [-0.2, -0.15) is 12.6 Å². The second-order valence-corrected chi connectivity index (χ2v) is 5.41. The van der Waals surface area contributed by atoms with E-state index in [4.69, 9.17) is 4.74 Å². The van der Waals surface area contributed by atoms with Crippen molar-refractivity contribution in [2.45, 2.75) is 50.7 Å². The summed E-state index contributed by atoms with van der Waals surface area (Å²) in [5, 5.41) is -0.363. The largest absolute Gasteiger partial charge is 0.465 e. The lowest BCUT2D eigenvalue weighted by molar-refractivity contribution is -0.143. The highest BCUT2D eigenvalue weighted by molar-refractivity contribution is 7.81. The molecule has 1 unspecified atom stereocenters. The van der Waals surface area contributed by atoms with Gasteiger partial charge in [0.2, 0.25) is 0 Å². The second kappa shape index (κ2) is 9.90. The van der Waals surface area contributed by atoms with E-state index >= 15 is 0 Å². The van der Waals surface area contributed by atoms with Gasteiger partial charge in [-0.3, -0.25) is 4.79 Å². The van der Waals surface area contributed by atoms with Crippen molar-refractivity contribution in [2.24, 2.45) is 0 Å². The van der Waals surface area contributed by atoms with E-state index in [2.05, 4.69) is 19.6 Å². The zero-order valence-electron chi connectivity index (χ0n) is 11.7. The van der Waals surface area contributed by atoms with E-state index in [1.165, 1.54) is 19.3 Å². The molecule has 0 heterocycles. The van der Waals surface area contributed by atoms with Gasteiger partial charge in [-0.1, -0.05) is 62.9 Å². The van der Waals surface area contributed by atoms with Gasteiger partial charge in [0.05, 0.1) is 6.61 Å². The van der Waals surface area contributed by atoms with E-state index in [1.54, 1.807) is 0 Å². The molecule has 0 aliphatic carbocycles. The number of thiol groups is 1. The first-order chi connectivity index (χ1) is 9.24. The highest BCUT2D eigenvalue weighted by Crippen LogP contribution is 2.10. The Morgan fingerprint density at radius 2 is 1.84 bits per heavy atom. The Morgan fingerprint density at radius 3 is 2.53 bits per heavy atom. The first kappa shape index (κ1) is 16.1. The number of esters is 1. The molecular formula is C16H24O2S. The SMILES string of the molecule is CCCCCCCOC(=O)C(S)Cc1ccccc1. The van der Waals surface area contributed by atoms with Crippen molar-refractivity contribution in [3.05, 3.63) is 35.9 Å². The van der Waals surface area contributed by atoms with Crippen LogP contribution >= 0.6 is 12.6 Å². The standard InChI is InChI=1S/C16H24O2S/c1-2-3-4-5-9-12-18-16(17)15(19)13-14-10-7-6-8-11-14/h6-8,10-11,15,19H,2-5,9,12-13H2,1H3. The summed E-state index contributed by atoms with van der Waals surface area (Å²) in [5.74, 6) is -0.206. The lowest BCUT2D eigenvalue weighted by Crippen LogP contribution is -2.20. The summed E-state index contributed by atoms with van der Waals surface area (Å²) in [6, 6.07) is 9.90. The van der Waals surface area contributed by atoms with Gasteiger partial charge < -0.3 is 4.74 Å². The molecule has 0 bridgehead atoms. The maximum absolute atomic E-state index is 11.7. The smallest absolute Gasteiger partial charge is 0.319 e. The fraction of sp³-hybridized carbons (Fsp3) is 0.562. The van der Waals surface area contributed by atoms with Gasteiger partial charge in [-0.05, 0) is 18.4 Å². The Balaban J connectivity index is 2.15. The van der Waals surface area contributed by atoms with E-state index in [1.807, 2.05) is 30.3 Å². The van der Waals surface area contributed by atoms with Gasteiger partial charge >= 0.3 is 5.97 Å². The average molecular weight is 280 g/mol. The first-order valence-corrected chi connectivity index (χ1v) is 7.64. The van der Waals surface area contributed by atoms with E-state index in [-0.39, 0.29) is 11.2 Å². The Bertz CT molecular complexity index is 351. The summed E-state index contributed by atoms with van der Waals surface area (Å²) in [6.45, 7) is 2.71. The van der Waals surface area contributed by atoms with E-state index < -0.39 is 0 Å². The van der Waals surface area contributed by atoms with E-state index in [0.29, 0.717) is 13.0 Å². The molecule has 1 aromatic rings. The third-order valence-corrected chi connectivity index (χ3v) is 3.43. The summed E-state index contributed by atoms with van der Waals surface area (Å²) in [5.41, 5.74) is 1.11. The van der Waals surface area contributed by atoms with Crippen LogP contribution in [0.4, 0.5) is 0 Å². The minimum atomic E-state index is -0.363. The van der Waals surface area contributed by atoms with Crippen molar-refractivity contribution < 1.29 is 9.53 Å². The Hall–Kier alpha value is -0.960. The molecule has 1 rings (SSSR count). The maximum atomic E-state index is 11.7. The number of rotatable bonds is 9. The topological polar surface area (TPSA) is 26.3 Å². The zero-order chi connectivity index (χ0) is 13.9. The molecular weight excluding hydrogens is 256 g/mol. The molecule has 3 heteroatoms. The van der Waals surface area contributed by atoms with Crippen LogP contribution in [0.2, 0.25) is 0 Å². The number of carbonyl (C=O) groups is 1. The lowest BCUT2D eigenvalue weighted by Gasteiger charge is -2.10. The van der Waals surface area contributed by atoms with Gasteiger partial charge in [0.1, 0.15) is 5.25 Å². The molecule has 0 N–H and O–H groups in total. The molecule has 0 radical (unpaired) electrons. The third kappa shape index (κ3) is 7.26. The van der Waals surface area contributed by atoms with Crippen molar-refractivity contribution in [2.75, 3.05) is 6.61 Å². The average Bonchev–Trinajstić information content (AvgIpc) is 2.43. The number of hydrogen-bond donors (Lipinski definition) is 1. The van der Waals surface area contributed by atoms with Crippen LogP contribution in [0.5, 0.6) is 0 Å². The number of hydrogen-bond acceptors (Lipinski definition) is 3. The minimum Gasteiger partial charge on any atom is -0.465 e. The molecule has 1 atom stereocenters. The van der Waals surface area contributed by atoms with Gasteiger partial charge in [0.15, 0.2) is 0 Å². The van der Waals surface area contributed by atoms with Crippen LogP contribution in [-0.2, 0) is 16.0 Å². The number of benzene rings is 1. The van der Waals surface area contributed by atoms with E-state index in [0.717, 1.165) is 18.4 Å². The van der Waals surface area contributed by atoms with Crippen molar-refractivity contribution in [1.29, 1.82) is 0 Å². The van der Waals surface area contributed by atoms with Crippen LogP contribution in [0.3, 0.4) is 0 Å². The summed E-state index contributed by atoms with van der Waals surface area (Å²) in [4.78, 5) is 11.7. The summed E-state index contributed by atoms with van der Waals surface area (Å²) >= 11 is 4.32. The quantitative estimate of drug-likeness (QED) is 0.420. The fourth-order valence-corrected chi connectivity index (χ4v) is 2.18. The van der Waals surface area contributed by atoms with Gasteiger partial charge in [-0.25, -0.2) is 0 Å². The Kier molecular flexibility index (Phi) is 8.39. The Labute approximate surface area is 122 Å². The van der Waals surface area contributed by atoms with Crippen LogP contribution in [0.15, 0.2) is 30.3 Å². The molecule has 106 valence electrons. The second-order valence-electron chi connectivity index (χ2n) is 4.79. The van der Waals surface area contributed by atoms with Crippen molar-refractivity contribution in [1.82, 2.24) is 0 Å². The monoisotopic (exact) mass is 280 g/mol. The molecule has 0 saturated carbocycles. The van der Waals surface area contributed by atoms with Crippen molar-refractivity contribution in [3.63, 3.8) is 0 Å². The summed E-state index contributed by atoms with van der Waals surface area (Å²) < 4.78 is 5.24. The van der Waals surface area contributed by atoms with Crippen LogP contribution in [0.25, 0.3) is 0 Å².